The second-order valence-corrected chi connectivity index (χ2v) is 2.77. The summed E-state index contributed by atoms with van der Waals surface area (Å²) in [6, 6.07) is 0. The molecule has 0 saturated carbocycles. The van der Waals surface area contributed by atoms with Crippen LogP contribution in [0.4, 0.5) is 8.78 Å². The fourth-order valence-electron chi connectivity index (χ4n) is 0.747. The second-order valence-electron chi connectivity index (χ2n) is 2.21. The SMILES string of the molecule is FC1C=CC=CC1(F)CBr. The molecule has 0 heterocycles. The number of hydrogen-bond acceptors (Lipinski definition) is 0. The maximum atomic E-state index is 13.1. The van der Waals surface area contributed by atoms with Gasteiger partial charge in [0.25, 0.3) is 0 Å². The van der Waals surface area contributed by atoms with Crippen LogP contribution < -0.4 is 0 Å². The van der Waals surface area contributed by atoms with E-state index in [2.05, 4.69) is 15.9 Å². The standard InChI is InChI=1S/C7H7BrF2/c8-5-7(10)4-2-1-3-6(7)9/h1-4,6H,5H2. The van der Waals surface area contributed by atoms with Gasteiger partial charge in [0.15, 0.2) is 11.8 Å². The maximum Gasteiger partial charge on any atom is 0.173 e. The van der Waals surface area contributed by atoms with Crippen LogP contribution in [0.5, 0.6) is 0 Å². The van der Waals surface area contributed by atoms with Gasteiger partial charge in [0, 0.05) is 5.33 Å². The van der Waals surface area contributed by atoms with Gasteiger partial charge in [-0.2, -0.15) is 0 Å². The summed E-state index contributed by atoms with van der Waals surface area (Å²) in [5.74, 6) is 0. The van der Waals surface area contributed by atoms with Crippen LogP contribution in [0.2, 0.25) is 0 Å². The van der Waals surface area contributed by atoms with E-state index in [9.17, 15) is 8.78 Å². The first-order chi connectivity index (χ1) is 4.69. The van der Waals surface area contributed by atoms with Gasteiger partial charge in [-0.15, -0.1) is 0 Å². The van der Waals surface area contributed by atoms with Crippen LogP contribution in [0.1, 0.15) is 0 Å². The number of alkyl halides is 3. The molecule has 0 spiro atoms. The largest absolute Gasteiger partial charge is 0.239 e. The summed E-state index contributed by atoms with van der Waals surface area (Å²) in [6.07, 6.45) is 3.94. The van der Waals surface area contributed by atoms with Crippen LogP contribution in [0, 0.1) is 0 Å². The third kappa shape index (κ3) is 1.29. The van der Waals surface area contributed by atoms with E-state index in [1.807, 2.05) is 0 Å². The summed E-state index contributed by atoms with van der Waals surface area (Å²) in [6.45, 7) is 0. The van der Waals surface area contributed by atoms with Gasteiger partial charge >= 0.3 is 0 Å². The van der Waals surface area contributed by atoms with Gasteiger partial charge in [-0.3, -0.25) is 0 Å². The summed E-state index contributed by atoms with van der Waals surface area (Å²) in [5, 5.41) is 0.00199. The quantitative estimate of drug-likeness (QED) is 0.582. The van der Waals surface area contributed by atoms with Crippen molar-refractivity contribution in [1.29, 1.82) is 0 Å². The topological polar surface area (TPSA) is 0 Å². The average molecular weight is 209 g/mol. The third-order valence-electron chi connectivity index (χ3n) is 1.43. The van der Waals surface area contributed by atoms with E-state index in [4.69, 9.17) is 0 Å². The normalized spacial score (nSPS) is 38.5. The van der Waals surface area contributed by atoms with Crippen molar-refractivity contribution in [2.75, 3.05) is 5.33 Å². The highest BCUT2D eigenvalue weighted by atomic mass is 79.9. The molecule has 10 heavy (non-hydrogen) atoms. The van der Waals surface area contributed by atoms with E-state index in [0.717, 1.165) is 0 Å². The summed E-state index contributed by atoms with van der Waals surface area (Å²) >= 11 is 2.91. The van der Waals surface area contributed by atoms with Crippen LogP contribution in [-0.2, 0) is 0 Å². The molecule has 0 aromatic rings. The predicted molar refractivity (Wildman–Crippen MR) is 40.8 cm³/mol. The Bertz CT molecular complexity index is 176. The van der Waals surface area contributed by atoms with Gasteiger partial charge in [0.1, 0.15) is 0 Å². The van der Waals surface area contributed by atoms with E-state index < -0.39 is 11.8 Å². The Hall–Kier alpha value is -0.180. The molecular formula is C7H7BrF2. The lowest BCUT2D eigenvalue weighted by atomic mass is 9.98. The summed E-state index contributed by atoms with van der Waals surface area (Å²) in [4.78, 5) is 0. The number of halogens is 3. The van der Waals surface area contributed by atoms with E-state index in [1.165, 1.54) is 24.3 Å². The lowest BCUT2D eigenvalue weighted by Crippen LogP contribution is -2.34. The van der Waals surface area contributed by atoms with Gasteiger partial charge in [0.05, 0.1) is 0 Å². The van der Waals surface area contributed by atoms with E-state index in [0.29, 0.717) is 0 Å². The number of rotatable bonds is 1. The van der Waals surface area contributed by atoms with Crippen LogP contribution in [0.25, 0.3) is 0 Å². The zero-order valence-corrected chi connectivity index (χ0v) is 6.81. The number of hydrogen-bond donors (Lipinski definition) is 0. The molecule has 0 aromatic carbocycles. The summed E-state index contributed by atoms with van der Waals surface area (Å²) in [7, 11) is 0. The Labute approximate surface area is 66.7 Å². The smallest absolute Gasteiger partial charge is 0.173 e. The van der Waals surface area contributed by atoms with Gasteiger partial charge in [0.2, 0.25) is 0 Å². The second kappa shape index (κ2) is 2.82. The summed E-state index contributed by atoms with van der Waals surface area (Å²) < 4.78 is 25.8. The van der Waals surface area contributed by atoms with Crippen molar-refractivity contribution < 1.29 is 8.78 Å². The molecule has 0 N–H and O–H groups in total. The predicted octanol–water partition coefficient (Wildman–Crippen LogP) is 2.55. The molecule has 0 aromatic heterocycles. The van der Waals surface area contributed by atoms with Crippen LogP contribution in [0.3, 0.4) is 0 Å². The van der Waals surface area contributed by atoms with Crippen molar-refractivity contribution in [3.8, 4) is 0 Å². The Morgan fingerprint density at radius 3 is 2.60 bits per heavy atom. The molecular weight excluding hydrogens is 202 g/mol. The zero-order valence-electron chi connectivity index (χ0n) is 5.23. The van der Waals surface area contributed by atoms with E-state index in [1.54, 1.807) is 0 Å². The Kier molecular flexibility index (Phi) is 2.24. The minimum Gasteiger partial charge on any atom is -0.239 e. The molecule has 0 saturated heterocycles. The van der Waals surface area contributed by atoms with Crippen molar-refractivity contribution in [3.63, 3.8) is 0 Å². The third-order valence-corrected chi connectivity index (χ3v) is 2.29. The van der Waals surface area contributed by atoms with E-state index >= 15 is 0 Å². The monoisotopic (exact) mass is 208 g/mol. The first-order valence-electron chi connectivity index (χ1n) is 2.94. The van der Waals surface area contributed by atoms with Gasteiger partial charge in [-0.05, 0) is 12.2 Å². The highest BCUT2D eigenvalue weighted by Gasteiger charge is 2.35. The molecule has 1 aliphatic carbocycles. The Morgan fingerprint density at radius 2 is 2.20 bits per heavy atom. The van der Waals surface area contributed by atoms with Crippen LogP contribution in [0.15, 0.2) is 24.3 Å². The molecule has 0 amide bonds. The minimum absolute atomic E-state index is 0.00199. The molecule has 0 aliphatic heterocycles. The van der Waals surface area contributed by atoms with Gasteiger partial charge in [-0.25, -0.2) is 8.78 Å². The lowest BCUT2D eigenvalue weighted by molar-refractivity contribution is 0.151. The molecule has 0 nitrogen and oxygen atoms in total. The first-order valence-corrected chi connectivity index (χ1v) is 4.06. The maximum absolute atomic E-state index is 13.1. The van der Waals surface area contributed by atoms with Crippen molar-refractivity contribution >= 4 is 15.9 Å². The lowest BCUT2D eigenvalue weighted by Gasteiger charge is -2.22. The molecule has 2 unspecified atom stereocenters. The van der Waals surface area contributed by atoms with Crippen molar-refractivity contribution in [2.24, 2.45) is 0 Å². The highest BCUT2D eigenvalue weighted by molar-refractivity contribution is 9.09. The molecule has 0 bridgehead atoms. The molecule has 0 fully saturated rings. The Morgan fingerprint density at radius 1 is 1.50 bits per heavy atom. The van der Waals surface area contributed by atoms with Gasteiger partial charge in [-0.1, -0.05) is 28.1 Å². The van der Waals surface area contributed by atoms with Crippen LogP contribution in [-0.4, -0.2) is 17.2 Å². The fourth-order valence-corrected chi connectivity index (χ4v) is 1.24. The molecule has 1 rings (SSSR count). The molecule has 2 atom stereocenters. The van der Waals surface area contributed by atoms with Crippen molar-refractivity contribution in [1.82, 2.24) is 0 Å². The van der Waals surface area contributed by atoms with Crippen LogP contribution >= 0.6 is 15.9 Å². The first kappa shape index (κ1) is 7.92. The minimum atomic E-state index is -1.84. The summed E-state index contributed by atoms with van der Waals surface area (Å²) in [5.41, 5.74) is -1.84. The fraction of sp³-hybridized carbons (Fsp3) is 0.429. The zero-order chi connectivity index (χ0) is 7.61. The number of allylic oxidation sites excluding steroid dienone is 4. The van der Waals surface area contributed by atoms with Gasteiger partial charge < -0.3 is 0 Å². The molecule has 3 heteroatoms. The molecule has 56 valence electrons. The average Bonchev–Trinajstić information content (AvgIpc) is 1.96. The molecule has 1 aliphatic rings. The van der Waals surface area contributed by atoms with Crippen molar-refractivity contribution in [2.45, 2.75) is 11.8 Å². The Balaban J connectivity index is 2.77. The molecule has 0 radical (unpaired) electrons. The highest BCUT2D eigenvalue weighted by Crippen LogP contribution is 2.27. The van der Waals surface area contributed by atoms with E-state index in [-0.39, 0.29) is 5.33 Å². The van der Waals surface area contributed by atoms with Crippen molar-refractivity contribution in [3.05, 3.63) is 24.3 Å².